The smallest absolute Gasteiger partial charge is 0.0740 e. The molecule has 0 bridgehead atoms. The third-order valence-electron chi connectivity index (χ3n) is 2.55. The Morgan fingerprint density at radius 2 is 2.36 bits per heavy atom. The van der Waals surface area contributed by atoms with Crippen LogP contribution < -0.4 is 5.32 Å². The molecule has 0 fully saturated rings. The summed E-state index contributed by atoms with van der Waals surface area (Å²) in [5, 5.41) is 3.25. The molecule has 0 aromatic carbocycles. The van der Waals surface area contributed by atoms with Crippen molar-refractivity contribution >= 4 is 11.8 Å². The molecular weight excluding hydrogens is 172 g/mol. The molecule has 2 heteroatoms. The minimum Gasteiger partial charge on any atom is -0.361 e. The van der Waals surface area contributed by atoms with E-state index in [-0.39, 0.29) is 0 Å². The van der Waals surface area contributed by atoms with E-state index in [1.54, 1.807) is 0 Å². The molecule has 2 heterocycles. The fourth-order valence-electron chi connectivity index (χ4n) is 1.90. The van der Waals surface area contributed by atoms with E-state index in [2.05, 4.69) is 34.6 Å². The van der Waals surface area contributed by atoms with Crippen LogP contribution in [0.4, 0.5) is 0 Å². The average molecular weight is 182 g/mol. The molecule has 68 valence electrons. The largest absolute Gasteiger partial charge is 0.361 e. The van der Waals surface area contributed by atoms with Crippen LogP contribution >= 0.6 is 0 Å². The molecule has 0 atom stereocenters. The molecule has 0 saturated carbocycles. The van der Waals surface area contributed by atoms with E-state index in [1.807, 2.05) is 18.5 Å². The average Bonchev–Trinajstić information content (AvgIpc) is 2.44. The molecule has 1 aromatic heterocycles. The van der Waals surface area contributed by atoms with Gasteiger partial charge in [-0.05, 0) is 30.2 Å². The zero-order chi connectivity index (χ0) is 9.38. The van der Waals surface area contributed by atoms with Crippen LogP contribution in [0.25, 0.3) is 11.8 Å². The van der Waals surface area contributed by atoms with Crippen molar-refractivity contribution in [3.63, 3.8) is 0 Å². The highest BCUT2D eigenvalue weighted by molar-refractivity contribution is 5.79. The Morgan fingerprint density at radius 3 is 3.36 bits per heavy atom. The molecule has 0 radical (unpaired) electrons. The Bertz CT molecular complexity index is 467. The molecule has 1 aliphatic heterocycles. The summed E-state index contributed by atoms with van der Waals surface area (Å²) in [6, 6.07) is 2.09. The van der Waals surface area contributed by atoms with Crippen LogP contribution in [0, 0.1) is 0 Å². The van der Waals surface area contributed by atoms with Gasteiger partial charge in [-0.15, -0.1) is 0 Å². The summed E-state index contributed by atoms with van der Waals surface area (Å²) in [7, 11) is 0. The Balaban J connectivity index is 2.33. The summed E-state index contributed by atoms with van der Waals surface area (Å²) in [5.74, 6) is 0. The van der Waals surface area contributed by atoms with Crippen LogP contribution in [0.15, 0.2) is 36.7 Å². The lowest BCUT2D eigenvalue weighted by Crippen LogP contribution is -2.12. The van der Waals surface area contributed by atoms with Gasteiger partial charge in [-0.25, -0.2) is 0 Å². The summed E-state index contributed by atoms with van der Waals surface area (Å²) in [5.41, 5.74) is 4.81. The molecule has 1 aliphatic carbocycles. The number of hydrogen-bond donors (Lipinski definition) is 1. The van der Waals surface area contributed by atoms with Gasteiger partial charge in [-0.2, -0.15) is 0 Å². The number of pyridine rings is 1. The van der Waals surface area contributed by atoms with E-state index >= 15 is 0 Å². The first-order valence-corrected chi connectivity index (χ1v) is 4.73. The Kier molecular flexibility index (Phi) is 1.53. The minimum absolute atomic E-state index is 0.986. The molecule has 0 unspecified atom stereocenters. The number of nitrogens with zero attached hydrogens (tertiary/aromatic N) is 1. The van der Waals surface area contributed by atoms with Crippen LogP contribution in [0.2, 0.25) is 0 Å². The first kappa shape index (κ1) is 7.56. The van der Waals surface area contributed by atoms with E-state index < -0.39 is 0 Å². The van der Waals surface area contributed by atoms with Gasteiger partial charge < -0.3 is 5.32 Å². The van der Waals surface area contributed by atoms with Crippen molar-refractivity contribution in [1.29, 1.82) is 0 Å². The molecule has 0 saturated heterocycles. The number of allylic oxidation sites excluding steroid dienone is 3. The Hall–Kier alpha value is -1.83. The van der Waals surface area contributed by atoms with Crippen LogP contribution in [-0.2, 0) is 6.42 Å². The van der Waals surface area contributed by atoms with E-state index in [1.165, 1.54) is 11.1 Å². The van der Waals surface area contributed by atoms with Crippen molar-refractivity contribution in [2.24, 2.45) is 0 Å². The van der Waals surface area contributed by atoms with Crippen LogP contribution in [-0.4, -0.2) is 4.98 Å². The van der Waals surface area contributed by atoms with Gasteiger partial charge in [0.25, 0.3) is 0 Å². The molecule has 3 rings (SSSR count). The van der Waals surface area contributed by atoms with Gasteiger partial charge >= 0.3 is 0 Å². The third kappa shape index (κ3) is 1.01. The zero-order valence-electron chi connectivity index (χ0n) is 7.70. The maximum Gasteiger partial charge on any atom is 0.0740 e. The molecule has 0 amide bonds. The quantitative estimate of drug-likeness (QED) is 0.664. The number of rotatable bonds is 0. The van der Waals surface area contributed by atoms with Crippen molar-refractivity contribution in [2.45, 2.75) is 6.42 Å². The highest BCUT2D eigenvalue weighted by atomic mass is 14.9. The lowest BCUT2D eigenvalue weighted by molar-refractivity contribution is 1.11. The van der Waals surface area contributed by atoms with Crippen LogP contribution in [0.5, 0.6) is 0 Å². The number of nitrogens with one attached hydrogen (secondary N) is 1. The van der Waals surface area contributed by atoms with Gasteiger partial charge in [-0.3, -0.25) is 4.98 Å². The lowest BCUT2D eigenvalue weighted by Gasteiger charge is -2.16. The molecule has 1 N–H and O–H groups in total. The monoisotopic (exact) mass is 182 g/mol. The second kappa shape index (κ2) is 2.84. The predicted octanol–water partition coefficient (Wildman–Crippen LogP) is 2.11. The van der Waals surface area contributed by atoms with E-state index in [9.17, 15) is 0 Å². The molecule has 14 heavy (non-hydrogen) atoms. The normalized spacial score (nSPS) is 16.7. The summed E-state index contributed by atoms with van der Waals surface area (Å²) < 4.78 is 0. The van der Waals surface area contributed by atoms with Gasteiger partial charge in [-0.1, -0.05) is 12.2 Å². The standard InChI is InChI=1S/C12H10N2/c1-2-4-10-12-9(3-1)5-7-13-11(12)6-8-14-10/h1-2,4-8,14H,3H2. The van der Waals surface area contributed by atoms with Gasteiger partial charge in [0.1, 0.15) is 0 Å². The Morgan fingerprint density at radius 1 is 1.36 bits per heavy atom. The van der Waals surface area contributed by atoms with Crippen LogP contribution in [0.1, 0.15) is 16.8 Å². The minimum atomic E-state index is 0.986. The molecule has 1 aromatic rings. The van der Waals surface area contributed by atoms with Crippen molar-refractivity contribution in [2.75, 3.05) is 0 Å². The first-order valence-electron chi connectivity index (χ1n) is 4.73. The van der Waals surface area contributed by atoms with Crippen molar-refractivity contribution in [1.82, 2.24) is 10.3 Å². The summed E-state index contributed by atoms with van der Waals surface area (Å²) in [6.45, 7) is 0. The van der Waals surface area contributed by atoms with E-state index in [0.29, 0.717) is 0 Å². The van der Waals surface area contributed by atoms with E-state index in [4.69, 9.17) is 0 Å². The van der Waals surface area contributed by atoms with Crippen molar-refractivity contribution in [3.8, 4) is 0 Å². The number of aromatic nitrogens is 1. The lowest BCUT2D eigenvalue weighted by atomic mass is 10.00. The summed E-state index contributed by atoms with van der Waals surface area (Å²) in [4.78, 5) is 4.36. The second-order valence-electron chi connectivity index (χ2n) is 3.42. The van der Waals surface area contributed by atoms with Gasteiger partial charge in [0, 0.05) is 23.7 Å². The maximum absolute atomic E-state index is 4.36. The van der Waals surface area contributed by atoms with Crippen molar-refractivity contribution < 1.29 is 0 Å². The fraction of sp³-hybridized carbons (Fsp3) is 0.0833. The van der Waals surface area contributed by atoms with Gasteiger partial charge in [0.05, 0.1) is 5.69 Å². The highest BCUT2D eigenvalue weighted by Gasteiger charge is 2.15. The molecule has 2 nitrogen and oxygen atoms in total. The van der Waals surface area contributed by atoms with Crippen LogP contribution in [0.3, 0.4) is 0 Å². The molecular formula is C12H10N2. The maximum atomic E-state index is 4.36. The predicted molar refractivity (Wildman–Crippen MR) is 57.2 cm³/mol. The van der Waals surface area contributed by atoms with Gasteiger partial charge in [0.2, 0.25) is 0 Å². The SMILES string of the molecule is C1=CCc2ccnc3c2C(=C1)NC=C3. The van der Waals surface area contributed by atoms with Gasteiger partial charge in [0.15, 0.2) is 0 Å². The summed E-state index contributed by atoms with van der Waals surface area (Å²) >= 11 is 0. The Labute approximate surface area is 82.7 Å². The zero-order valence-corrected chi connectivity index (χ0v) is 7.70. The molecule has 0 spiro atoms. The fourth-order valence-corrected chi connectivity index (χ4v) is 1.90. The second-order valence-corrected chi connectivity index (χ2v) is 3.42. The number of hydrogen-bond acceptors (Lipinski definition) is 2. The van der Waals surface area contributed by atoms with E-state index in [0.717, 1.165) is 17.8 Å². The summed E-state index contributed by atoms with van der Waals surface area (Å²) in [6.07, 6.45) is 13.2. The van der Waals surface area contributed by atoms with Crippen molar-refractivity contribution in [3.05, 3.63) is 53.5 Å². The highest BCUT2D eigenvalue weighted by Crippen LogP contribution is 2.26. The topological polar surface area (TPSA) is 24.9 Å². The first-order chi connectivity index (χ1) is 6.95. The third-order valence-corrected chi connectivity index (χ3v) is 2.55. The molecule has 2 aliphatic rings.